The van der Waals surface area contributed by atoms with Crippen LogP contribution in [-0.4, -0.2) is 0 Å². The quantitative estimate of drug-likeness (QED) is 0.365. The summed E-state index contributed by atoms with van der Waals surface area (Å²) in [5, 5.41) is 6.26. The van der Waals surface area contributed by atoms with Gasteiger partial charge in [-0.15, -0.1) is 0 Å². The van der Waals surface area contributed by atoms with Crippen molar-refractivity contribution in [1.29, 1.82) is 0 Å². The zero-order valence-electron chi connectivity index (χ0n) is 16.9. The van der Waals surface area contributed by atoms with Crippen LogP contribution in [0.15, 0.2) is 85.0 Å². The molecule has 0 spiro atoms. The van der Waals surface area contributed by atoms with Gasteiger partial charge in [0.25, 0.3) is 0 Å². The lowest BCUT2D eigenvalue weighted by molar-refractivity contribution is 0.856. The summed E-state index contributed by atoms with van der Waals surface area (Å²) in [6.45, 7) is 10.9. The van der Waals surface area contributed by atoms with Crippen LogP contribution in [0.1, 0.15) is 49.3 Å². The van der Waals surface area contributed by atoms with E-state index < -0.39 is 0 Å². The molecule has 2 atom stereocenters. The first-order chi connectivity index (χ1) is 13.6. The standard InChI is InChI=1S/C27H27N/c1-5-6-7-10-21-13-15-22(16-14-21)28-26-17-25-19(3)18(2)20(4)27(25)24-12-9-8-11-23(24)26/h5-17,19-20,28H,2H2,1,3-4H3/b6-5-,10-7-. The second kappa shape index (κ2) is 7.52. The summed E-state index contributed by atoms with van der Waals surface area (Å²) in [6.07, 6.45) is 8.25. The fraction of sp³-hybridized carbons (Fsp3) is 0.185. The monoisotopic (exact) mass is 365 g/mol. The summed E-state index contributed by atoms with van der Waals surface area (Å²) in [4.78, 5) is 0. The molecule has 1 nitrogen and oxygen atoms in total. The van der Waals surface area contributed by atoms with Crippen molar-refractivity contribution in [1.82, 2.24) is 0 Å². The van der Waals surface area contributed by atoms with Gasteiger partial charge < -0.3 is 5.32 Å². The molecule has 1 aliphatic rings. The van der Waals surface area contributed by atoms with Gasteiger partial charge in [-0.05, 0) is 47.2 Å². The summed E-state index contributed by atoms with van der Waals surface area (Å²) >= 11 is 0. The average Bonchev–Trinajstić information content (AvgIpc) is 2.94. The lowest BCUT2D eigenvalue weighted by Gasteiger charge is -2.16. The highest BCUT2D eigenvalue weighted by atomic mass is 14.9. The number of fused-ring (bicyclic) bond motifs is 3. The van der Waals surface area contributed by atoms with Crippen molar-refractivity contribution in [2.24, 2.45) is 0 Å². The molecule has 0 saturated heterocycles. The van der Waals surface area contributed by atoms with Crippen molar-refractivity contribution < 1.29 is 0 Å². The van der Waals surface area contributed by atoms with Gasteiger partial charge in [-0.25, -0.2) is 0 Å². The van der Waals surface area contributed by atoms with Gasteiger partial charge >= 0.3 is 0 Å². The summed E-state index contributed by atoms with van der Waals surface area (Å²) in [6, 6.07) is 19.6. The van der Waals surface area contributed by atoms with Crippen molar-refractivity contribution in [3.05, 3.63) is 102 Å². The maximum atomic E-state index is 4.36. The predicted molar refractivity (Wildman–Crippen MR) is 123 cm³/mol. The van der Waals surface area contributed by atoms with Gasteiger partial charge in [0.1, 0.15) is 0 Å². The molecule has 0 aliphatic heterocycles. The molecule has 3 aromatic carbocycles. The molecule has 0 aromatic heterocycles. The first kappa shape index (κ1) is 18.3. The Balaban J connectivity index is 1.73. The molecule has 1 heteroatoms. The molecule has 0 saturated carbocycles. The van der Waals surface area contributed by atoms with Crippen LogP contribution in [0.3, 0.4) is 0 Å². The van der Waals surface area contributed by atoms with Crippen molar-refractivity contribution in [2.75, 3.05) is 5.32 Å². The molecule has 1 aliphatic carbocycles. The number of rotatable bonds is 4. The fourth-order valence-corrected chi connectivity index (χ4v) is 4.24. The van der Waals surface area contributed by atoms with Crippen molar-refractivity contribution in [3.8, 4) is 0 Å². The Kier molecular flexibility index (Phi) is 4.92. The minimum absolute atomic E-state index is 0.397. The zero-order chi connectivity index (χ0) is 19.7. The van der Waals surface area contributed by atoms with Gasteiger partial charge in [0.2, 0.25) is 0 Å². The minimum Gasteiger partial charge on any atom is -0.355 e. The van der Waals surface area contributed by atoms with Gasteiger partial charge in [0.05, 0.1) is 0 Å². The van der Waals surface area contributed by atoms with E-state index in [-0.39, 0.29) is 0 Å². The van der Waals surface area contributed by atoms with E-state index in [1.54, 1.807) is 0 Å². The number of nitrogens with one attached hydrogen (secondary N) is 1. The molecule has 140 valence electrons. The van der Waals surface area contributed by atoms with E-state index >= 15 is 0 Å². The Morgan fingerprint density at radius 1 is 0.893 bits per heavy atom. The Hall–Kier alpha value is -3.06. The smallest absolute Gasteiger partial charge is 0.0467 e. The molecule has 0 bridgehead atoms. The van der Waals surface area contributed by atoms with E-state index in [2.05, 4.69) is 92.5 Å². The molecular weight excluding hydrogens is 338 g/mol. The van der Waals surface area contributed by atoms with Crippen molar-refractivity contribution >= 4 is 28.2 Å². The van der Waals surface area contributed by atoms with E-state index in [0.29, 0.717) is 11.8 Å². The first-order valence-corrected chi connectivity index (χ1v) is 10.0. The lowest BCUT2D eigenvalue weighted by atomic mass is 9.94. The van der Waals surface area contributed by atoms with Gasteiger partial charge in [-0.2, -0.15) is 0 Å². The first-order valence-electron chi connectivity index (χ1n) is 10.0. The third-order valence-corrected chi connectivity index (χ3v) is 5.91. The highest BCUT2D eigenvalue weighted by Crippen LogP contribution is 2.49. The van der Waals surface area contributed by atoms with Crippen LogP contribution in [0.2, 0.25) is 0 Å². The maximum absolute atomic E-state index is 4.36. The molecule has 0 fully saturated rings. The lowest BCUT2D eigenvalue weighted by Crippen LogP contribution is -1.97. The number of hydrogen-bond donors (Lipinski definition) is 1. The zero-order valence-corrected chi connectivity index (χ0v) is 16.9. The van der Waals surface area contributed by atoms with E-state index in [4.69, 9.17) is 0 Å². The molecule has 28 heavy (non-hydrogen) atoms. The van der Waals surface area contributed by atoms with E-state index in [9.17, 15) is 0 Å². The van der Waals surface area contributed by atoms with Crippen LogP contribution >= 0.6 is 0 Å². The number of allylic oxidation sites excluding steroid dienone is 4. The summed E-state index contributed by atoms with van der Waals surface area (Å²) < 4.78 is 0. The van der Waals surface area contributed by atoms with Crippen LogP contribution in [-0.2, 0) is 0 Å². The van der Waals surface area contributed by atoms with Crippen LogP contribution < -0.4 is 5.32 Å². The normalized spacial score (nSPS) is 19.0. The molecule has 4 rings (SSSR count). The molecule has 3 aromatic rings. The molecule has 0 heterocycles. The summed E-state index contributed by atoms with van der Waals surface area (Å²) in [5.74, 6) is 0.807. The Morgan fingerprint density at radius 3 is 2.32 bits per heavy atom. The highest BCUT2D eigenvalue weighted by molar-refractivity contribution is 5.99. The third-order valence-electron chi connectivity index (χ3n) is 5.91. The van der Waals surface area contributed by atoms with E-state index in [1.165, 1.54) is 38.7 Å². The van der Waals surface area contributed by atoms with Gasteiger partial charge in [-0.3, -0.25) is 0 Å². The largest absolute Gasteiger partial charge is 0.355 e. The van der Waals surface area contributed by atoms with Gasteiger partial charge in [0.15, 0.2) is 0 Å². The average molecular weight is 366 g/mol. The molecule has 2 unspecified atom stereocenters. The van der Waals surface area contributed by atoms with E-state index in [1.807, 2.05) is 19.1 Å². The summed E-state index contributed by atoms with van der Waals surface area (Å²) in [7, 11) is 0. The van der Waals surface area contributed by atoms with E-state index in [0.717, 1.165) is 5.69 Å². The molecular formula is C27H27N. The van der Waals surface area contributed by atoms with Gasteiger partial charge in [-0.1, -0.05) is 86.7 Å². The molecule has 1 N–H and O–H groups in total. The summed E-state index contributed by atoms with van der Waals surface area (Å²) in [5.41, 5.74) is 7.63. The Morgan fingerprint density at radius 2 is 1.61 bits per heavy atom. The second-order valence-corrected chi connectivity index (χ2v) is 7.62. The minimum atomic E-state index is 0.397. The highest BCUT2D eigenvalue weighted by Gasteiger charge is 2.31. The second-order valence-electron chi connectivity index (χ2n) is 7.62. The Bertz CT molecular complexity index is 1080. The van der Waals surface area contributed by atoms with Crippen LogP contribution in [0.25, 0.3) is 16.8 Å². The van der Waals surface area contributed by atoms with Crippen LogP contribution in [0, 0.1) is 0 Å². The molecule has 0 radical (unpaired) electrons. The number of hydrogen-bond acceptors (Lipinski definition) is 1. The third kappa shape index (κ3) is 3.18. The van der Waals surface area contributed by atoms with Crippen LogP contribution in [0.5, 0.6) is 0 Å². The van der Waals surface area contributed by atoms with Gasteiger partial charge in [0, 0.05) is 28.6 Å². The number of anilines is 2. The SMILES string of the molecule is C=C1C(C)c2cc(Nc3ccc(/C=C\C=C/C)cc3)c3ccccc3c2C1C. The van der Waals surface area contributed by atoms with Crippen molar-refractivity contribution in [3.63, 3.8) is 0 Å². The maximum Gasteiger partial charge on any atom is 0.0467 e. The predicted octanol–water partition coefficient (Wildman–Crippen LogP) is 7.95. The Labute approximate surface area is 168 Å². The topological polar surface area (TPSA) is 12.0 Å². The van der Waals surface area contributed by atoms with Crippen LogP contribution in [0.4, 0.5) is 11.4 Å². The fourth-order valence-electron chi connectivity index (χ4n) is 4.24. The number of benzene rings is 3. The van der Waals surface area contributed by atoms with Crippen molar-refractivity contribution in [2.45, 2.75) is 32.6 Å². The molecule has 0 amide bonds.